The van der Waals surface area contributed by atoms with E-state index < -0.39 is 42.4 Å². The number of carboxylic acid groups (broad SMARTS) is 1. The number of amides is 3. The molecular weight excluding hydrogens is 378 g/mol. The van der Waals surface area contributed by atoms with Gasteiger partial charge in [-0.2, -0.15) is 0 Å². The summed E-state index contributed by atoms with van der Waals surface area (Å²) in [6, 6.07) is 6.54. The number of hydrogen-bond donors (Lipinski definition) is 4. The highest BCUT2D eigenvalue weighted by molar-refractivity contribution is 6.01. The van der Waals surface area contributed by atoms with Crippen molar-refractivity contribution in [2.45, 2.75) is 57.2 Å². The molecule has 1 aliphatic rings. The second-order valence-corrected chi connectivity index (χ2v) is 7.20. The fraction of sp³-hybridized carbons (Fsp3) is 0.500. The van der Waals surface area contributed by atoms with E-state index >= 15 is 0 Å². The topological polar surface area (TPSA) is 148 Å². The molecule has 0 heterocycles. The molecule has 158 valence electrons. The van der Waals surface area contributed by atoms with Gasteiger partial charge in [-0.3, -0.25) is 19.7 Å². The third kappa shape index (κ3) is 7.90. The number of carboxylic acids is 1. The summed E-state index contributed by atoms with van der Waals surface area (Å²) in [6.45, 7) is -0.0424. The Morgan fingerprint density at radius 3 is 2.38 bits per heavy atom. The lowest BCUT2D eigenvalue weighted by molar-refractivity contribution is -0.141. The summed E-state index contributed by atoms with van der Waals surface area (Å²) < 4.78 is 5.00. The van der Waals surface area contributed by atoms with E-state index in [9.17, 15) is 19.2 Å². The van der Waals surface area contributed by atoms with Gasteiger partial charge in [0.05, 0.1) is 12.5 Å². The van der Waals surface area contributed by atoms with Gasteiger partial charge in [0, 0.05) is 0 Å². The summed E-state index contributed by atoms with van der Waals surface area (Å²) in [6.07, 6.45) is 3.03. The van der Waals surface area contributed by atoms with Crippen molar-refractivity contribution in [2.24, 2.45) is 11.7 Å². The SMILES string of the molecule is NC(CC1CCCC1)C(=O)NC(=O)[C@H](CC(=O)O)NC(=O)OCc1ccccc1. The van der Waals surface area contributed by atoms with Crippen molar-refractivity contribution in [2.75, 3.05) is 0 Å². The Morgan fingerprint density at radius 2 is 1.76 bits per heavy atom. The first-order valence-corrected chi connectivity index (χ1v) is 9.64. The smallest absolute Gasteiger partial charge is 0.408 e. The highest BCUT2D eigenvalue weighted by Gasteiger charge is 2.28. The van der Waals surface area contributed by atoms with E-state index in [4.69, 9.17) is 15.6 Å². The summed E-state index contributed by atoms with van der Waals surface area (Å²) in [5, 5.41) is 13.3. The number of rotatable bonds is 9. The number of carbonyl (C=O) groups is 4. The molecule has 29 heavy (non-hydrogen) atoms. The highest BCUT2D eigenvalue weighted by atomic mass is 16.5. The number of hydrogen-bond acceptors (Lipinski definition) is 6. The molecule has 9 nitrogen and oxygen atoms in total. The molecule has 2 rings (SSSR count). The molecule has 0 bridgehead atoms. The van der Waals surface area contributed by atoms with Crippen LogP contribution in [-0.2, 0) is 25.7 Å². The van der Waals surface area contributed by atoms with Crippen molar-refractivity contribution in [3.8, 4) is 0 Å². The Labute approximate surface area is 169 Å². The van der Waals surface area contributed by atoms with Gasteiger partial charge < -0.3 is 20.9 Å². The average molecular weight is 405 g/mol. The first-order valence-electron chi connectivity index (χ1n) is 9.64. The molecule has 1 saturated carbocycles. The Bertz CT molecular complexity index is 718. The van der Waals surface area contributed by atoms with E-state index in [1.165, 1.54) is 0 Å². The van der Waals surface area contributed by atoms with Crippen molar-refractivity contribution in [3.63, 3.8) is 0 Å². The minimum atomic E-state index is -1.46. The predicted octanol–water partition coefficient (Wildman–Crippen LogP) is 1.31. The lowest BCUT2D eigenvalue weighted by Gasteiger charge is -2.19. The number of benzene rings is 1. The molecule has 3 amide bonds. The standard InChI is InChI=1S/C20H27N3O6/c21-15(10-13-6-4-5-7-13)18(26)23-19(27)16(11-17(24)25)22-20(28)29-12-14-8-2-1-3-9-14/h1-3,8-9,13,15-16H,4-7,10-12,21H2,(H,22,28)(H,24,25)(H,23,26,27)/t15?,16-/m0/s1. The maximum absolute atomic E-state index is 12.3. The van der Waals surface area contributed by atoms with E-state index in [0.717, 1.165) is 31.2 Å². The van der Waals surface area contributed by atoms with Crippen LogP contribution in [0.1, 0.15) is 44.1 Å². The minimum absolute atomic E-state index is 0.0424. The van der Waals surface area contributed by atoms with Crippen molar-refractivity contribution >= 4 is 23.9 Å². The molecule has 1 aromatic carbocycles. The maximum Gasteiger partial charge on any atom is 0.408 e. The first-order chi connectivity index (χ1) is 13.8. The molecule has 1 fully saturated rings. The number of carbonyl (C=O) groups excluding carboxylic acids is 3. The third-order valence-electron chi connectivity index (χ3n) is 4.85. The molecule has 1 unspecified atom stereocenters. The van der Waals surface area contributed by atoms with Gasteiger partial charge in [0.15, 0.2) is 0 Å². The molecule has 0 saturated heterocycles. The summed E-state index contributed by atoms with van der Waals surface area (Å²) in [7, 11) is 0. The van der Waals surface area contributed by atoms with Gasteiger partial charge in [-0.25, -0.2) is 4.79 Å². The van der Waals surface area contributed by atoms with Crippen molar-refractivity contribution in [1.29, 1.82) is 0 Å². The minimum Gasteiger partial charge on any atom is -0.481 e. The Hall–Kier alpha value is -2.94. The Morgan fingerprint density at radius 1 is 1.10 bits per heavy atom. The number of nitrogens with two attached hydrogens (primary N) is 1. The highest BCUT2D eigenvalue weighted by Crippen LogP contribution is 2.28. The second-order valence-electron chi connectivity index (χ2n) is 7.20. The number of aliphatic carboxylic acids is 1. The van der Waals surface area contributed by atoms with Gasteiger partial charge in [0.2, 0.25) is 11.8 Å². The number of imide groups is 1. The van der Waals surface area contributed by atoms with E-state index in [-0.39, 0.29) is 6.61 Å². The van der Waals surface area contributed by atoms with Crippen molar-refractivity contribution in [1.82, 2.24) is 10.6 Å². The van der Waals surface area contributed by atoms with E-state index in [0.29, 0.717) is 12.3 Å². The van der Waals surface area contributed by atoms with Crippen LogP contribution < -0.4 is 16.4 Å². The van der Waals surface area contributed by atoms with Crippen LogP contribution in [0.25, 0.3) is 0 Å². The van der Waals surface area contributed by atoms with Gasteiger partial charge in [-0.1, -0.05) is 56.0 Å². The molecule has 0 aliphatic heterocycles. The summed E-state index contributed by atoms with van der Waals surface area (Å²) in [5.74, 6) is -2.57. The first kappa shape index (κ1) is 22.4. The molecular formula is C20H27N3O6. The van der Waals surface area contributed by atoms with Crippen molar-refractivity contribution < 1.29 is 29.0 Å². The van der Waals surface area contributed by atoms with Crippen LogP contribution in [0.15, 0.2) is 30.3 Å². The van der Waals surface area contributed by atoms with Gasteiger partial charge in [-0.05, 0) is 17.9 Å². The normalized spacial score (nSPS) is 15.9. The Balaban J connectivity index is 1.86. The van der Waals surface area contributed by atoms with Crippen molar-refractivity contribution in [3.05, 3.63) is 35.9 Å². The van der Waals surface area contributed by atoms with Gasteiger partial charge in [0.1, 0.15) is 12.6 Å². The lowest BCUT2D eigenvalue weighted by Crippen LogP contribution is -2.53. The molecule has 0 spiro atoms. The number of alkyl carbamates (subject to hydrolysis) is 1. The fourth-order valence-electron chi connectivity index (χ4n) is 3.30. The zero-order valence-corrected chi connectivity index (χ0v) is 16.1. The molecule has 0 aromatic heterocycles. The summed E-state index contributed by atoms with van der Waals surface area (Å²) in [5.41, 5.74) is 6.60. The van der Waals surface area contributed by atoms with Crippen LogP contribution in [0.3, 0.4) is 0 Å². The predicted molar refractivity (Wildman–Crippen MR) is 104 cm³/mol. The van der Waals surface area contributed by atoms with E-state index in [1.54, 1.807) is 24.3 Å². The van der Waals surface area contributed by atoms with E-state index in [1.807, 2.05) is 6.07 Å². The number of nitrogens with one attached hydrogen (secondary N) is 2. The largest absolute Gasteiger partial charge is 0.481 e. The van der Waals surface area contributed by atoms with E-state index in [2.05, 4.69) is 10.6 Å². The Kier molecular flexibility index (Phi) is 8.60. The average Bonchev–Trinajstić information content (AvgIpc) is 3.19. The van der Waals surface area contributed by atoms with Crippen LogP contribution in [0.2, 0.25) is 0 Å². The molecule has 1 aliphatic carbocycles. The zero-order chi connectivity index (χ0) is 21.2. The van der Waals surface area contributed by atoms with Gasteiger partial charge in [-0.15, -0.1) is 0 Å². The molecule has 1 aromatic rings. The third-order valence-corrected chi connectivity index (χ3v) is 4.85. The van der Waals surface area contributed by atoms with Crippen LogP contribution in [-0.4, -0.2) is 41.1 Å². The zero-order valence-electron chi connectivity index (χ0n) is 16.1. The van der Waals surface area contributed by atoms with Gasteiger partial charge >= 0.3 is 12.1 Å². The maximum atomic E-state index is 12.3. The van der Waals surface area contributed by atoms with Crippen LogP contribution >= 0.6 is 0 Å². The van der Waals surface area contributed by atoms with Crippen LogP contribution in [0.5, 0.6) is 0 Å². The molecule has 5 N–H and O–H groups in total. The molecule has 9 heteroatoms. The summed E-state index contributed by atoms with van der Waals surface area (Å²) >= 11 is 0. The molecule has 2 atom stereocenters. The quantitative estimate of drug-likeness (QED) is 0.484. The lowest BCUT2D eigenvalue weighted by atomic mass is 9.98. The monoisotopic (exact) mass is 405 g/mol. The van der Waals surface area contributed by atoms with Crippen LogP contribution in [0.4, 0.5) is 4.79 Å². The van der Waals surface area contributed by atoms with Gasteiger partial charge in [0.25, 0.3) is 0 Å². The number of ether oxygens (including phenoxy) is 1. The summed E-state index contributed by atoms with van der Waals surface area (Å²) in [4.78, 5) is 47.5. The molecule has 0 radical (unpaired) electrons. The second kappa shape index (κ2) is 11.2. The fourth-order valence-corrected chi connectivity index (χ4v) is 3.30. The van der Waals surface area contributed by atoms with Crippen LogP contribution in [0, 0.1) is 5.92 Å².